The minimum Gasteiger partial charge on any atom is -0.254 e. The van der Waals surface area contributed by atoms with E-state index < -0.39 is 10.2 Å². The molecule has 0 bridgehead atoms. The van der Waals surface area contributed by atoms with Gasteiger partial charge in [-0.2, -0.15) is 23.5 Å². The Kier molecular flexibility index (Phi) is 4.09. The third-order valence-electron chi connectivity index (χ3n) is 1.97. The molecular weight excluding hydrogens is 242 g/mol. The Morgan fingerprint density at radius 3 is 2.76 bits per heavy atom. The van der Waals surface area contributed by atoms with Crippen molar-refractivity contribution in [2.24, 2.45) is 13.0 Å². The lowest BCUT2D eigenvalue weighted by Crippen LogP contribution is -2.33. The molecule has 2 N–H and O–H groups in total. The van der Waals surface area contributed by atoms with Crippen LogP contribution in [0.25, 0.3) is 0 Å². The fraction of sp³-hybridized carbons (Fsp3) is 0.556. The molecule has 1 rings (SSSR count). The van der Waals surface area contributed by atoms with E-state index in [1.165, 1.54) is 10.9 Å². The summed E-state index contributed by atoms with van der Waals surface area (Å²) in [4.78, 5) is 0. The topological polar surface area (TPSA) is 99.8 Å². The quantitative estimate of drug-likeness (QED) is 0.786. The summed E-state index contributed by atoms with van der Waals surface area (Å²) in [6.07, 6.45) is 1.31. The molecule has 17 heavy (non-hydrogen) atoms. The van der Waals surface area contributed by atoms with Gasteiger partial charge < -0.3 is 0 Å². The Hall–Kier alpha value is -1.59. The molecule has 0 fully saturated rings. The SMILES string of the molecule is CC(C)CNS(=O)(=O)Nc1c(C#N)cnn1C. The van der Waals surface area contributed by atoms with Gasteiger partial charge in [-0.3, -0.25) is 9.40 Å². The summed E-state index contributed by atoms with van der Waals surface area (Å²) in [5.74, 6) is 0.359. The van der Waals surface area contributed by atoms with E-state index in [4.69, 9.17) is 5.26 Å². The average molecular weight is 257 g/mol. The number of hydrogen-bond acceptors (Lipinski definition) is 4. The van der Waals surface area contributed by atoms with Crippen molar-refractivity contribution in [3.05, 3.63) is 11.8 Å². The summed E-state index contributed by atoms with van der Waals surface area (Å²) in [5.41, 5.74) is 0.183. The number of nitrogens with one attached hydrogen (secondary N) is 2. The van der Waals surface area contributed by atoms with Gasteiger partial charge in [-0.15, -0.1) is 0 Å². The highest BCUT2D eigenvalue weighted by atomic mass is 32.2. The van der Waals surface area contributed by atoms with Gasteiger partial charge in [-0.25, -0.2) is 0 Å². The Morgan fingerprint density at radius 1 is 1.59 bits per heavy atom. The molecule has 7 nitrogen and oxygen atoms in total. The van der Waals surface area contributed by atoms with Crippen LogP contribution < -0.4 is 9.44 Å². The van der Waals surface area contributed by atoms with E-state index in [1.807, 2.05) is 19.9 Å². The zero-order chi connectivity index (χ0) is 13.1. The highest BCUT2D eigenvalue weighted by molar-refractivity contribution is 7.90. The minimum atomic E-state index is -3.67. The zero-order valence-corrected chi connectivity index (χ0v) is 10.7. The van der Waals surface area contributed by atoms with Gasteiger partial charge in [0.25, 0.3) is 10.2 Å². The van der Waals surface area contributed by atoms with Crippen LogP contribution in [0.5, 0.6) is 0 Å². The maximum atomic E-state index is 11.6. The van der Waals surface area contributed by atoms with Crippen molar-refractivity contribution in [3.8, 4) is 6.07 Å². The number of hydrogen-bond donors (Lipinski definition) is 2. The lowest BCUT2D eigenvalue weighted by atomic mass is 10.2. The van der Waals surface area contributed by atoms with E-state index in [9.17, 15) is 8.42 Å². The normalized spacial score (nSPS) is 11.5. The molecule has 94 valence electrons. The summed E-state index contributed by atoms with van der Waals surface area (Å²) in [6.45, 7) is 4.12. The van der Waals surface area contributed by atoms with Crippen LogP contribution in [0.2, 0.25) is 0 Å². The molecule has 1 heterocycles. The molecule has 0 atom stereocenters. The standard InChI is InChI=1S/C9H15N5O2S/c1-7(2)5-12-17(15,16)13-9-8(4-10)6-11-14(9)3/h6-7,12-13H,5H2,1-3H3. The number of rotatable bonds is 5. The summed E-state index contributed by atoms with van der Waals surface area (Å²) >= 11 is 0. The third kappa shape index (κ3) is 3.72. The zero-order valence-electron chi connectivity index (χ0n) is 9.93. The smallest absolute Gasteiger partial charge is 0.254 e. The number of aryl methyl sites for hydroxylation is 1. The second kappa shape index (κ2) is 5.16. The van der Waals surface area contributed by atoms with Gasteiger partial charge in [-0.05, 0) is 5.92 Å². The molecule has 0 amide bonds. The summed E-state index contributed by atoms with van der Waals surface area (Å²) in [6, 6.07) is 1.87. The van der Waals surface area contributed by atoms with Crippen molar-refractivity contribution in [2.45, 2.75) is 13.8 Å². The van der Waals surface area contributed by atoms with Crippen molar-refractivity contribution in [1.29, 1.82) is 5.26 Å². The minimum absolute atomic E-state index is 0.156. The van der Waals surface area contributed by atoms with Gasteiger partial charge in [-0.1, -0.05) is 13.8 Å². The summed E-state index contributed by atoms with van der Waals surface area (Å²) < 4.78 is 29.3. The maximum Gasteiger partial charge on any atom is 0.300 e. The molecule has 0 aliphatic rings. The molecule has 0 aliphatic heterocycles. The Labute approximate surface area is 101 Å². The average Bonchev–Trinajstić information content (AvgIpc) is 2.57. The van der Waals surface area contributed by atoms with Gasteiger partial charge in [0.05, 0.1) is 6.20 Å². The largest absolute Gasteiger partial charge is 0.300 e. The molecule has 0 unspecified atom stereocenters. The van der Waals surface area contributed by atoms with Crippen LogP contribution in [-0.4, -0.2) is 24.7 Å². The van der Waals surface area contributed by atoms with Crippen molar-refractivity contribution >= 4 is 16.0 Å². The Bertz CT molecular complexity index is 526. The number of nitriles is 1. The fourth-order valence-electron chi connectivity index (χ4n) is 1.08. The molecular formula is C9H15N5O2S. The van der Waals surface area contributed by atoms with Crippen LogP contribution in [0.1, 0.15) is 19.4 Å². The van der Waals surface area contributed by atoms with Gasteiger partial charge in [0.1, 0.15) is 11.6 Å². The highest BCUT2D eigenvalue weighted by Gasteiger charge is 2.16. The van der Waals surface area contributed by atoms with Crippen LogP contribution in [0.3, 0.4) is 0 Å². The predicted molar refractivity (Wildman–Crippen MR) is 63.3 cm³/mol. The fourth-order valence-corrected chi connectivity index (χ4v) is 2.20. The molecule has 0 spiro atoms. The number of aromatic nitrogens is 2. The third-order valence-corrected chi connectivity index (χ3v) is 2.98. The molecule has 1 aromatic rings. The van der Waals surface area contributed by atoms with Gasteiger partial charge >= 0.3 is 0 Å². The molecule has 0 saturated carbocycles. The van der Waals surface area contributed by atoms with Crippen LogP contribution >= 0.6 is 0 Å². The van der Waals surface area contributed by atoms with Gasteiger partial charge in [0.2, 0.25) is 0 Å². The van der Waals surface area contributed by atoms with Gasteiger partial charge in [0.15, 0.2) is 5.82 Å². The summed E-state index contributed by atoms with van der Waals surface area (Å²) in [5, 5.41) is 12.6. The van der Waals surface area contributed by atoms with E-state index in [0.717, 1.165) is 0 Å². The first-order valence-corrected chi connectivity index (χ1v) is 6.53. The van der Waals surface area contributed by atoms with Crippen molar-refractivity contribution < 1.29 is 8.42 Å². The summed E-state index contributed by atoms with van der Waals surface area (Å²) in [7, 11) is -2.11. The van der Waals surface area contributed by atoms with Crippen molar-refractivity contribution in [2.75, 3.05) is 11.3 Å². The molecule has 0 aliphatic carbocycles. The molecule has 8 heteroatoms. The first kappa shape index (κ1) is 13.5. The number of nitrogens with zero attached hydrogens (tertiary/aromatic N) is 3. The van der Waals surface area contributed by atoms with E-state index in [0.29, 0.717) is 6.54 Å². The Balaban J connectivity index is 2.84. The second-order valence-electron chi connectivity index (χ2n) is 3.99. The van der Waals surface area contributed by atoms with Crippen LogP contribution in [-0.2, 0) is 17.3 Å². The first-order chi connectivity index (χ1) is 7.85. The van der Waals surface area contributed by atoms with Gasteiger partial charge in [0, 0.05) is 13.6 Å². The first-order valence-electron chi connectivity index (χ1n) is 5.05. The maximum absolute atomic E-state index is 11.6. The molecule has 1 aromatic heterocycles. The molecule has 0 radical (unpaired) electrons. The monoisotopic (exact) mass is 257 g/mol. The van der Waals surface area contributed by atoms with Crippen LogP contribution in [0, 0.1) is 17.2 Å². The molecule has 0 saturated heterocycles. The van der Waals surface area contributed by atoms with Crippen molar-refractivity contribution in [1.82, 2.24) is 14.5 Å². The van der Waals surface area contributed by atoms with Crippen LogP contribution in [0.15, 0.2) is 6.20 Å². The van der Waals surface area contributed by atoms with Crippen molar-refractivity contribution in [3.63, 3.8) is 0 Å². The highest BCUT2D eigenvalue weighted by Crippen LogP contribution is 2.13. The molecule has 0 aromatic carbocycles. The van der Waals surface area contributed by atoms with E-state index in [2.05, 4.69) is 14.5 Å². The number of anilines is 1. The lowest BCUT2D eigenvalue weighted by Gasteiger charge is -2.11. The van der Waals surface area contributed by atoms with E-state index >= 15 is 0 Å². The van der Waals surface area contributed by atoms with E-state index in [1.54, 1.807) is 7.05 Å². The van der Waals surface area contributed by atoms with E-state index in [-0.39, 0.29) is 17.3 Å². The van der Waals surface area contributed by atoms with Crippen LogP contribution in [0.4, 0.5) is 5.82 Å². The second-order valence-corrected chi connectivity index (χ2v) is 5.49. The predicted octanol–water partition coefficient (Wildman–Crippen LogP) is 0.194. The Morgan fingerprint density at radius 2 is 2.24 bits per heavy atom. The lowest BCUT2D eigenvalue weighted by molar-refractivity contribution is 0.564.